The van der Waals surface area contributed by atoms with Crippen molar-refractivity contribution in [1.82, 2.24) is 5.32 Å². The summed E-state index contributed by atoms with van der Waals surface area (Å²) in [4.78, 5) is 12.6. The molecule has 0 saturated heterocycles. The molecule has 6 heteroatoms. The topological polar surface area (TPSA) is 56.8 Å². The first-order chi connectivity index (χ1) is 18.0. The molecule has 37 heavy (non-hydrogen) atoms. The van der Waals surface area contributed by atoms with E-state index in [0.717, 1.165) is 28.0 Å². The van der Waals surface area contributed by atoms with Crippen LogP contribution < -0.4 is 19.5 Å². The molecule has 0 atom stereocenters. The molecule has 0 spiro atoms. The summed E-state index contributed by atoms with van der Waals surface area (Å²) in [6.07, 6.45) is 0.440. The van der Waals surface area contributed by atoms with E-state index in [1.165, 1.54) is 6.07 Å². The van der Waals surface area contributed by atoms with Crippen molar-refractivity contribution in [2.24, 2.45) is 0 Å². The molecule has 0 aromatic heterocycles. The number of methoxy groups -OCH3 is 1. The summed E-state index contributed by atoms with van der Waals surface area (Å²) in [5.41, 5.74) is 4.58. The molecule has 4 aromatic rings. The number of halogens is 1. The van der Waals surface area contributed by atoms with Crippen molar-refractivity contribution >= 4 is 6.09 Å². The zero-order chi connectivity index (χ0) is 26.0. The van der Waals surface area contributed by atoms with E-state index in [-0.39, 0.29) is 12.4 Å². The Morgan fingerprint density at radius 2 is 1.65 bits per heavy atom. The van der Waals surface area contributed by atoms with Gasteiger partial charge in [-0.1, -0.05) is 60.7 Å². The van der Waals surface area contributed by atoms with E-state index in [0.29, 0.717) is 36.5 Å². The molecule has 0 unspecified atom stereocenters. The molecule has 4 aromatic carbocycles. The van der Waals surface area contributed by atoms with Crippen LogP contribution in [0.15, 0.2) is 91.0 Å². The fourth-order valence-electron chi connectivity index (χ4n) is 4.02. The number of rotatable bonds is 10. The second-order valence-corrected chi connectivity index (χ2v) is 8.58. The van der Waals surface area contributed by atoms with E-state index in [1.54, 1.807) is 31.4 Å². The molecular weight excluding hydrogens is 469 g/mol. The summed E-state index contributed by atoms with van der Waals surface area (Å²) in [5, 5.41) is 2.70. The highest BCUT2D eigenvalue weighted by atomic mass is 19.1. The number of nitrogens with one attached hydrogen (secondary N) is 1. The van der Waals surface area contributed by atoms with Gasteiger partial charge in [-0.2, -0.15) is 0 Å². The maximum absolute atomic E-state index is 13.9. The second-order valence-electron chi connectivity index (χ2n) is 8.58. The Morgan fingerprint density at radius 3 is 2.41 bits per heavy atom. The summed E-state index contributed by atoms with van der Waals surface area (Å²) < 4.78 is 30.9. The number of ether oxygens (including phenoxy) is 3. The lowest BCUT2D eigenvalue weighted by Gasteiger charge is -2.15. The predicted molar refractivity (Wildman–Crippen MR) is 143 cm³/mol. The third kappa shape index (κ3) is 7.10. The fourth-order valence-corrected chi connectivity index (χ4v) is 4.02. The van der Waals surface area contributed by atoms with E-state index < -0.39 is 6.09 Å². The normalized spacial score (nSPS) is 10.6. The molecule has 0 bridgehead atoms. The van der Waals surface area contributed by atoms with Crippen LogP contribution in [0.2, 0.25) is 0 Å². The highest BCUT2D eigenvalue weighted by molar-refractivity contribution is 5.75. The van der Waals surface area contributed by atoms with Gasteiger partial charge < -0.3 is 19.5 Å². The van der Waals surface area contributed by atoms with Crippen LogP contribution in [0.3, 0.4) is 0 Å². The Kier molecular flexibility index (Phi) is 8.76. The molecule has 0 radical (unpaired) electrons. The van der Waals surface area contributed by atoms with Crippen LogP contribution in [-0.2, 0) is 12.8 Å². The minimum atomic E-state index is -0.632. The van der Waals surface area contributed by atoms with E-state index >= 15 is 0 Å². The highest BCUT2D eigenvalue weighted by Gasteiger charge is 2.14. The lowest BCUT2D eigenvalue weighted by Crippen LogP contribution is -2.29. The Bertz CT molecular complexity index is 1340. The lowest BCUT2D eigenvalue weighted by atomic mass is 10.00. The Labute approximate surface area is 216 Å². The number of amides is 1. The average molecular weight is 500 g/mol. The first-order valence-electron chi connectivity index (χ1n) is 12.2. The maximum Gasteiger partial charge on any atom is 0.412 e. The van der Waals surface area contributed by atoms with Crippen LogP contribution in [0.5, 0.6) is 17.2 Å². The minimum absolute atomic E-state index is 0.237. The first kappa shape index (κ1) is 25.8. The SMILES string of the molecule is COc1ccc(-c2ccc(OCCc3ccccc3)c(OC(=O)NCCc3ccccc3F)c2)c(C)c1. The van der Waals surface area contributed by atoms with Crippen molar-refractivity contribution in [2.75, 3.05) is 20.3 Å². The lowest BCUT2D eigenvalue weighted by molar-refractivity contribution is 0.197. The molecule has 1 N–H and O–H groups in total. The van der Waals surface area contributed by atoms with E-state index in [9.17, 15) is 9.18 Å². The Balaban J connectivity index is 1.49. The van der Waals surface area contributed by atoms with Gasteiger partial charge in [-0.3, -0.25) is 0 Å². The van der Waals surface area contributed by atoms with Gasteiger partial charge in [-0.25, -0.2) is 9.18 Å². The fraction of sp³-hybridized carbons (Fsp3) is 0.194. The van der Waals surface area contributed by atoms with Crippen LogP contribution >= 0.6 is 0 Å². The van der Waals surface area contributed by atoms with Gasteiger partial charge in [-0.05, 0) is 71.5 Å². The summed E-state index contributed by atoms with van der Waals surface area (Å²) in [5.74, 6) is 1.25. The maximum atomic E-state index is 13.9. The van der Waals surface area contributed by atoms with Gasteiger partial charge in [0.15, 0.2) is 11.5 Å². The van der Waals surface area contributed by atoms with Crippen molar-refractivity contribution in [2.45, 2.75) is 19.8 Å². The van der Waals surface area contributed by atoms with Crippen molar-refractivity contribution in [3.8, 4) is 28.4 Å². The molecule has 0 aliphatic rings. The molecular formula is C31H30FNO4. The molecule has 0 fully saturated rings. The number of hydrogen-bond acceptors (Lipinski definition) is 4. The summed E-state index contributed by atoms with van der Waals surface area (Å²) in [6.45, 7) is 2.66. The number of hydrogen-bond donors (Lipinski definition) is 1. The van der Waals surface area contributed by atoms with E-state index in [2.05, 4.69) is 5.32 Å². The number of aryl methyl sites for hydroxylation is 1. The van der Waals surface area contributed by atoms with E-state index in [4.69, 9.17) is 14.2 Å². The number of benzene rings is 4. The number of carbonyl (C=O) groups is 1. The predicted octanol–water partition coefficient (Wildman–Crippen LogP) is 6.76. The molecule has 0 aliphatic carbocycles. The second kappa shape index (κ2) is 12.6. The van der Waals surface area contributed by atoms with Crippen molar-refractivity contribution in [3.05, 3.63) is 114 Å². The standard InChI is InChI=1S/C31H30FNO4/c1-22-20-26(35-2)13-14-27(22)25-12-15-29(36-19-17-23-8-4-3-5-9-23)30(21-25)37-31(34)33-18-16-24-10-6-7-11-28(24)32/h3-15,20-21H,16-19H2,1-2H3,(H,33,34). The third-order valence-corrected chi connectivity index (χ3v) is 6.00. The largest absolute Gasteiger partial charge is 0.497 e. The smallest absolute Gasteiger partial charge is 0.412 e. The molecule has 5 nitrogen and oxygen atoms in total. The minimum Gasteiger partial charge on any atom is -0.497 e. The zero-order valence-corrected chi connectivity index (χ0v) is 21.0. The Morgan fingerprint density at radius 1 is 0.865 bits per heavy atom. The van der Waals surface area contributed by atoms with Gasteiger partial charge in [0, 0.05) is 13.0 Å². The summed E-state index contributed by atoms with van der Waals surface area (Å²) >= 11 is 0. The summed E-state index contributed by atoms with van der Waals surface area (Å²) in [7, 11) is 1.63. The van der Waals surface area contributed by atoms with E-state index in [1.807, 2.05) is 67.6 Å². The highest BCUT2D eigenvalue weighted by Crippen LogP contribution is 2.35. The molecule has 0 saturated carbocycles. The van der Waals surface area contributed by atoms with Crippen molar-refractivity contribution in [1.29, 1.82) is 0 Å². The van der Waals surface area contributed by atoms with Gasteiger partial charge in [0.1, 0.15) is 11.6 Å². The zero-order valence-electron chi connectivity index (χ0n) is 21.0. The van der Waals surface area contributed by atoms with Crippen LogP contribution in [0.1, 0.15) is 16.7 Å². The molecule has 0 heterocycles. The third-order valence-electron chi connectivity index (χ3n) is 6.00. The monoisotopic (exact) mass is 499 g/mol. The molecule has 4 rings (SSSR count). The van der Waals surface area contributed by atoms with Crippen molar-refractivity contribution in [3.63, 3.8) is 0 Å². The van der Waals surface area contributed by atoms with Crippen LogP contribution in [0.25, 0.3) is 11.1 Å². The van der Waals surface area contributed by atoms with Crippen LogP contribution in [-0.4, -0.2) is 26.4 Å². The molecule has 1 amide bonds. The van der Waals surface area contributed by atoms with Gasteiger partial charge in [0.2, 0.25) is 0 Å². The van der Waals surface area contributed by atoms with Gasteiger partial charge in [-0.15, -0.1) is 0 Å². The van der Waals surface area contributed by atoms with Gasteiger partial charge in [0.25, 0.3) is 0 Å². The average Bonchev–Trinajstić information content (AvgIpc) is 2.91. The quantitative estimate of drug-likeness (QED) is 0.262. The van der Waals surface area contributed by atoms with Crippen LogP contribution in [0, 0.1) is 12.7 Å². The molecule has 0 aliphatic heterocycles. The summed E-state index contributed by atoms with van der Waals surface area (Å²) in [6, 6.07) is 27.9. The number of carbonyl (C=O) groups excluding carboxylic acids is 1. The first-order valence-corrected chi connectivity index (χ1v) is 12.2. The van der Waals surface area contributed by atoms with Crippen molar-refractivity contribution < 1.29 is 23.4 Å². The van der Waals surface area contributed by atoms with Gasteiger partial charge >= 0.3 is 6.09 Å². The molecule has 190 valence electrons. The Hall–Kier alpha value is -4.32. The van der Waals surface area contributed by atoms with Crippen LogP contribution in [0.4, 0.5) is 9.18 Å². The van der Waals surface area contributed by atoms with Gasteiger partial charge in [0.05, 0.1) is 13.7 Å².